The van der Waals surface area contributed by atoms with Crippen LogP contribution in [0.15, 0.2) is 0 Å². The van der Waals surface area contributed by atoms with Gasteiger partial charge in [0.2, 0.25) is 5.91 Å². The van der Waals surface area contributed by atoms with Crippen LogP contribution in [0.25, 0.3) is 0 Å². The molecule has 0 radical (unpaired) electrons. The number of hydrogen-bond donors (Lipinski definition) is 2. The maximum Gasteiger partial charge on any atom is 0.237 e. The molecule has 2 unspecified atom stereocenters. The van der Waals surface area contributed by atoms with Crippen LogP contribution in [0.2, 0.25) is 0 Å². The van der Waals surface area contributed by atoms with Gasteiger partial charge in [0.1, 0.15) is 0 Å². The van der Waals surface area contributed by atoms with Crippen molar-refractivity contribution in [2.75, 3.05) is 26.7 Å². The van der Waals surface area contributed by atoms with Crippen molar-refractivity contribution >= 4 is 30.7 Å². The molecule has 0 saturated carbocycles. The number of halogens is 2. The summed E-state index contributed by atoms with van der Waals surface area (Å²) in [6.07, 6.45) is 1.17. The van der Waals surface area contributed by atoms with Gasteiger partial charge in [0.05, 0.1) is 6.04 Å². The highest BCUT2D eigenvalue weighted by molar-refractivity contribution is 5.85. The minimum absolute atomic E-state index is 0. The van der Waals surface area contributed by atoms with E-state index in [0.29, 0.717) is 5.92 Å². The number of nitrogens with zero attached hydrogens (tertiary/aromatic N) is 1. The molecule has 1 fully saturated rings. The molecule has 0 aromatic heterocycles. The maximum absolute atomic E-state index is 11.6. The van der Waals surface area contributed by atoms with Crippen molar-refractivity contribution in [2.24, 2.45) is 17.6 Å². The summed E-state index contributed by atoms with van der Waals surface area (Å²) in [5, 5.41) is 2.94. The molecular weight excluding hydrogens is 261 g/mol. The molecule has 0 spiro atoms. The van der Waals surface area contributed by atoms with Crippen LogP contribution in [0.3, 0.4) is 0 Å². The first kappa shape index (κ1) is 19.3. The van der Waals surface area contributed by atoms with Gasteiger partial charge in [-0.3, -0.25) is 4.79 Å². The lowest BCUT2D eigenvalue weighted by Crippen LogP contribution is -2.45. The number of nitrogens with two attached hydrogens (primary N) is 1. The molecule has 0 bridgehead atoms. The maximum atomic E-state index is 11.6. The van der Waals surface area contributed by atoms with E-state index in [1.54, 1.807) is 0 Å². The molecule has 17 heavy (non-hydrogen) atoms. The van der Waals surface area contributed by atoms with Crippen LogP contribution in [-0.4, -0.2) is 43.5 Å². The summed E-state index contributed by atoms with van der Waals surface area (Å²) in [7, 11) is 2.11. The van der Waals surface area contributed by atoms with Crippen LogP contribution in [0.5, 0.6) is 0 Å². The van der Waals surface area contributed by atoms with Crippen LogP contribution >= 0.6 is 24.8 Å². The average Bonchev–Trinajstić information content (AvgIpc) is 2.59. The zero-order chi connectivity index (χ0) is 11.4. The minimum Gasteiger partial charge on any atom is -0.354 e. The first-order valence-corrected chi connectivity index (χ1v) is 5.72. The highest BCUT2D eigenvalue weighted by atomic mass is 35.5. The van der Waals surface area contributed by atoms with Gasteiger partial charge in [0.15, 0.2) is 0 Å². The SMILES string of the molecule is CC(C)C(N)C(=O)NCC1CCN(C)C1.Cl.Cl. The van der Waals surface area contributed by atoms with Gasteiger partial charge in [0, 0.05) is 13.1 Å². The molecule has 3 N–H and O–H groups in total. The monoisotopic (exact) mass is 285 g/mol. The summed E-state index contributed by atoms with van der Waals surface area (Å²) in [6, 6.07) is -0.371. The smallest absolute Gasteiger partial charge is 0.237 e. The van der Waals surface area contributed by atoms with Gasteiger partial charge in [-0.25, -0.2) is 0 Å². The van der Waals surface area contributed by atoms with Gasteiger partial charge >= 0.3 is 0 Å². The molecule has 0 aromatic carbocycles. The van der Waals surface area contributed by atoms with Gasteiger partial charge in [-0.15, -0.1) is 24.8 Å². The van der Waals surface area contributed by atoms with E-state index in [1.807, 2.05) is 13.8 Å². The summed E-state index contributed by atoms with van der Waals surface area (Å²) < 4.78 is 0. The average molecular weight is 286 g/mol. The Hall–Kier alpha value is -0.0300. The van der Waals surface area contributed by atoms with E-state index in [1.165, 1.54) is 6.42 Å². The van der Waals surface area contributed by atoms with Crippen LogP contribution in [0.1, 0.15) is 20.3 Å². The Morgan fingerprint density at radius 3 is 2.47 bits per heavy atom. The molecule has 0 aromatic rings. The molecule has 4 nitrogen and oxygen atoms in total. The molecular formula is C11H25Cl2N3O. The van der Waals surface area contributed by atoms with Gasteiger partial charge in [-0.1, -0.05) is 13.8 Å². The fourth-order valence-electron chi connectivity index (χ4n) is 1.86. The van der Waals surface area contributed by atoms with E-state index >= 15 is 0 Å². The number of amides is 1. The third kappa shape index (κ3) is 6.46. The minimum atomic E-state index is -0.371. The van der Waals surface area contributed by atoms with E-state index in [9.17, 15) is 4.79 Å². The molecule has 1 amide bonds. The number of hydrogen-bond acceptors (Lipinski definition) is 3. The summed E-state index contributed by atoms with van der Waals surface area (Å²) in [4.78, 5) is 13.9. The normalized spacial score (nSPS) is 21.6. The number of carbonyl (C=O) groups is 1. The summed E-state index contributed by atoms with van der Waals surface area (Å²) in [5.74, 6) is 0.786. The lowest BCUT2D eigenvalue weighted by atomic mass is 10.0. The van der Waals surface area contributed by atoms with Crippen molar-refractivity contribution in [3.8, 4) is 0 Å². The number of carbonyl (C=O) groups excluding carboxylic acids is 1. The molecule has 1 aliphatic rings. The van der Waals surface area contributed by atoms with Crippen molar-refractivity contribution < 1.29 is 4.79 Å². The zero-order valence-electron chi connectivity index (χ0n) is 10.8. The quantitative estimate of drug-likeness (QED) is 0.806. The lowest BCUT2D eigenvalue weighted by molar-refractivity contribution is -0.123. The standard InChI is InChI=1S/C11H23N3O.2ClH/c1-8(2)10(12)11(15)13-6-9-4-5-14(3)7-9;;/h8-10H,4-7,12H2,1-3H3,(H,13,15);2*1H. The molecule has 1 aliphatic heterocycles. The third-order valence-electron chi connectivity index (χ3n) is 3.07. The Bertz CT molecular complexity index is 227. The van der Waals surface area contributed by atoms with E-state index < -0.39 is 0 Å². The van der Waals surface area contributed by atoms with Gasteiger partial charge in [0.25, 0.3) is 0 Å². The van der Waals surface area contributed by atoms with Crippen LogP contribution in [0, 0.1) is 11.8 Å². The molecule has 104 valence electrons. The largest absolute Gasteiger partial charge is 0.354 e. The molecule has 0 aliphatic carbocycles. The first-order chi connectivity index (χ1) is 7.00. The van der Waals surface area contributed by atoms with Crippen molar-refractivity contribution in [3.63, 3.8) is 0 Å². The first-order valence-electron chi connectivity index (χ1n) is 5.72. The summed E-state index contributed by atoms with van der Waals surface area (Å²) in [6.45, 7) is 6.92. The van der Waals surface area contributed by atoms with Gasteiger partial charge in [-0.05, 0) is 31.8 Å². The molecule has 1 heterocycles. The Morgan fingerprint density at radius 2 is 2.06 bits per heavy atom. The molecule has 1 rings (SSSR count). The Balaban J connectivity index is 0. The second kappa shape index (κ2) is 8.97. The number of rotatable bonds is 4. The Kier molecular flexibility index (Phi) is 10.2. The lowest BCUT2D eigenvalue weighted by Gasteiger charge is -2.17. The molecule has 1 saturated heterocycles. The second-order valence-electron chi connectivity index (χ2n) is 4.93. The highest BCUT2D eigenvalue weighted by Crippen LogP contribution is 2.12. The van der Waals surface area contributed by atoms with Crippen molar-refractivity contribution in [3.05, 3.63) is 0 Å². The predicted molar refractivity (Wildman–Crippen MR) is 75.9 cm³/mol. The van der Waals surface area contributed by atoms with Crippen molar-refractivity contribution in [2.45, 2.75) is 26.3 Å². The predicted octanol–water partition coefficient (Wildman–Crippen LogP) is 0.881. The van der Waals surface area contributed by atoms with E-state index in [0.717, 1.165) is 19.6 Å². The molecule has 6 heteroatoms. The van der Waals surface area contributed by atoms with Crippen LogP contribution in [-0.2, 0) is 4.79 Å². The fraction of sp³-hybridized carbons (Fsp3) is 0.909. The Labute approximate surface area is 117 Å². The van der Waals surface area contributed by atoms with Crippen LogP contribution < -0.4 is 11.1 Å². The van der Waals surface area contributed by atoms with Crippen molar-refractivity contribution in [1.29, 1.82) is 0 Å². The summed E-state index contributed by atoms with van der Waals surface area (Å²) in [5.41, 5.74) is 5.75. The van der Waals surface area contributed by atoms with Gasteiger partial charge < -0.3 is 16.0 Å². The highest BCUT2D eigenvalue weighted by Gasteiger charge is 2.22. The van der Waals surface area contributed by atoms with E-state index in [2.05, 4.69) is 17.3 Å². The van der Waals surface area contributed by atoms with E-state index in [-0.39, 0.29) is 42.7 Å². The van der Waals surface area contributed by atoms with Crippen LogP contribution in [0.4, 0.5) is 0 Å². The Morgan fingerprint density at radius 1 is 1.47 bits per heavy atom. The molecule has 2 atom stereocenters. The van der Waals surface area contributed by atoms with E-state index in [4.69, 9.17) is 5.73 Å². The zero-order valence-corrected chi connectivity index (χ0v) is 12.4. The second-order valence-corrected chi connectivity index (χ2v) is 4.93. The fourth-order valence-corrected chi connectivity index (χ4v) is 1.86. The number of likely N-dealkylation sites (tertiary alicyclic amines) is 1. The number of nitrogens with one attached hydrogen (secondary N) is 1. The summed E-state index contributed by atoms with van der Waals surface area (Å²) >= 11 is 0. The van der Waals surface area contributed by atoms with Crippen molar-refractivity contribution in [1.82, 2.24) is 10.2 Å². The topological polar surface area (TPSA) is 58.4 Å². The third-order valence-corrected chi connectivity index (χ3v) is 3.07. The van der Waals surface area contributed by atoms with Gasteiger partial charge in [-0.2, -0.15) is 0 Å².